The molecule has 31 heavy (non-hydrogen) atoms. The van der Waals surface area contributed by atoms with Crippen LogP contribution in [0.1, 0.15) is 28.4 Å². The van der Waals surface area contributed by atoms with Gasteiger partial charge in [-0.25, -0.2) is 5.48 Å². The van der Waals surface area contributed by atoms with E-state index >= 15 is 0 Å². The summed E-state index contributed by atoms with van der Waals surface area (Å²) in [5, 5.41) is 24.9. The number of nitrogens with zero attached hydrogens (tertiary/aromatic N) is 2. The molecule has 3 rings (SSSR count). The molecule has 0 bridgehead atoms. The number of carbonyl (C=O) groups is 2. The Balaban J connectivity index is 1.67. The largest absolute Gasteiger partial charge is 0.391 e. The van der Waals surface area contributed by atoms with E-state index in [-0.39, 0.29) is 0 Å². The molecule has 0 fully saturated rings. The van der Waals surface area contributed by atoms with Crippen LogP contribution in [0.2, 0.25) is 0 Å². The fourth-order valence-corrected chi connectivity index (χ4v) is 2.93. The summed E-state index contributed by atoms with van der Waals surface area (Å²) in [5.41, 5.74) is 5.35. The summed E-state index contributed by atoms with van der Waals surface area (Å²) in [7, 11) is 1.89. The van der Waals surface area contributed by atoms with E-state index in [2.05, 4.69) is 22.3 Å². The lowest BCUT2D eigenvalue weighted by atomic mass is 10.1. The van der Waals surface area contributed by atoms with Gasteiger partial charge in [0.05, 0.1) is 11.8 Å². The minimum atomic E-state index is -1.27. The molecule has 2 atom stereocenters. The van der Waals surface area contributed by atoms with Gasteiger partial charge >= 0.3 is 0 Å². The first kappa shape index (κ1) is 21.8. The topological polar surface area (TPSA) is 116 Å². The Morgan fingerprint density at radius 1 is 1.00 bits per heavy atom. The molecule has 1 heterocycles. The Morgan fingerprint density at radius 3 is 2.06 bits per heavy atom. The van der Waals surface area contributed by atoms with Crippen molar-refractivity contribution >= 4 is 11.8 Å². The molecule has 0 saturated heterocycles. The normalized spacial score (nSPS) is 12.3. The van der Waals surface area contributed by atoms with Gasteiger partial charge in [-0.15, -0.1) is 0 Å². The SMILES string of the molecule is CC(O)C(NC(=O)c1ccc(C#Cc2ccc(-c3ccnn3C)cc2)cc1)C(=O)NO. The number of hydroxylamine groups is 1. The predicted octanol–water partition coefficient (Wildman–Crippen LogP) is 1.47. The number of carbonyl (C=O) groups excluding carboxylic acids is 2. The summed E-state index contributed by atoms with van der Waals surface area (Å²) in [6, 6.07) is 15.0. The van der Waals surface area contributed by atoms with Crippen LogP contribution in [0.5, 0.6) is 0 Å². The lowest BCUT2D eigenvalue weighted by Gasteiger charge is -2.19. The second-order valence-electron chi connectivity index (χ2n) is 6.91. The van der Waals surface area contributed by atoms with Crippen molar-refractivity contribution in [3.05, 3.63) is 77.5 Å². The minimum absolute atomic E-state index is 0.294. The molecule has 1 aromatic heterocycles. The number of aliphatic hydroxyl groups is 1. The zero-order valence-corrected chi connectivity index (χ0v) is 17.0. The first-order valence-electron chi connectivity index (χ1n) is 9.52. The number of benzene rings is 2. The van der Waals surface area contributed by atoms with Crippen LogP contribution in [0.3, 0.4) is 0 Å². The average molecular weight is 418 g/mol. The highest BCUT2D eigenvalue weighted by Gasteiger charge is 2.25. The molecule has 0 aliphatic rings. The Morgan fingerprint density at radius 2 is 1.58 bits per heavy atom. The molecule has 0 saturated carbocycles. The number of hydrogen-bond acceptors (Lipinski definition) is 5. The molecule has 8 nitrogen and oxygen atoms in total. The van der Waals surface area contributed by atoms with Gasteiger partial charge in [0.1, 0.15) is 6.04 Å². The van der Waals surface area contributed by atoms with Crippen LogP contribution >= 0.6 is 0 Å². The summed E-state index contributed by atoms with van der Waals surface area (Å²) in [4.78, 5) is 23.8. The lowest BCUT2D eigenvalue weighted by molar-refractivity contribution is -0.133. The van der Waals surface area contributed by atoms with E-state index in [4.69, 9.17) is 5.21 Å². The lowest BCUT2D eigenvalue weighted by Crippen LogP contribution is -2.51. The highest BCUT2D eigenvalue weighted by atomic mass is 16.5. The molecule has 4 N–H and O–H groups in total. The van der Waals surface area contributed by atoms with Crippen LogP contribution in [-0.2, 0) is 11.8 Å². The number of amides is 2. The van der Waals surface area contributed by atoms with Crippen LogP contribution in [-0.4, -0.2) is 44.1 Å². The second-order valence-corrected chi connectivity index (χ2v) is 6.91. The van der Waals surface area contributed by atoms with Crippen LogP contribution in [0.4, 0.5) is 0 Å². The van der Waals surface area contributed by atoms with Crippen molar-refractivity contribution in [2.45, 2.75) is 19.1 Å². The predicted molar refractivity (Wildman–Crippen MR) is 114 cm³/mol. The molecule has 2 aromatic carbocycles. The van der Waals surface area contributed by atoms with E-state index < -0.39 is 24.0 Å². The van der Waals surface area contributed by atoms with Gasteiger partial charge < -0.3 is 10.4 Å². The summed E-state index contributed by atoms with van der Waals surface area (Å²) in [5.74, 6) is 4.66. The maximum absolute atomic E-state index is 12.3. The molecular formula is C23H22N4O4. The number of aromatic nitrogens is 2. The number of hydrogen-bond donors (Lipinski definition) is 4. The monoisotopic (exact) mass is 418 g/mol. The van der Waals surface area contributed by atoms with E-state index in [1.54, 1.807) is 35.1 Å². The molecule has 8 heteroatoms. The third-order valence-corrected chi connectivity index (χ3v) is 4.66. The van der Waals surface area contributed by atoms with Crippen molar-refractivity contribution in [3.63, 3.8) is 0 Å². The van der Waals surface area contributed by atoms with Gasteiger partial charge in [-0.05, 0) is 55.0 Å². The molecular weight excluding hydrogens is 396 g/mol. The first-order valence-corrected chi connectivity index (χ1v) is 9.52. The minimum Gasteiger partial charge on any atom is -0.391 e. The van der Waals surface area contributed by atoms with E-state index in [9.17, 15) is 14.7 Å². The maximum Gasteiger partial charge on any atom is 0.268 e. The van der Waals surface area contributed by atoms with E-state index in [0.29, 0.717) is 11.1 Å². The third-order valence-electron chi connectivity index (χ3n) is 4.66. The Hall–Kier alpha value is -3.93. The van der Waals surface area contributed by atoms with Gasteiger partial charge in [0, 0.05) is 29.9 Å². The van der Waals surface area contributed by atoms with Crippen molar-refractivity contribution in [3.8, 4) is 23.1 Å². The first-order chi connectivity index (χ1) is 14.9. The Bertz CT molecular complexity index is 1120. The number of aryl methyl sites for hydroxylation is 1. The number of nitrogens with one attached hydrogen (secondary N) is 2. The molecule has 158 valence electrons. The summed E-state index contributed by atoms with van der Waals surface area (Å²) in [6.45, 7) is 1.34. The van der Waals surface area contributed by atoms with E-state index in [1.165, 1.54) is 12.4 Å². The van der Waals surface area contributed by atoms with Crippen molar-refractivity contribution < 1.29 is 19.9 Å². The van der Waals surface area contributed by atoms with Crippen LogP contribution in [0.15, 0.2) is 60.8 Å². The third kappa shape index (κ3) is 5.36. The number of aliphatic hydroxyl groups excluding tert-OH is 1. The van der Waals surface area contributed by atoms with Crippen LogP contribution in [0, 0.1) is 11.8 Å². The summed E-state index contributed by atoms with van der Waals surface area (Å²) >= 11 is 0. The van der Waals surface area contributed by atoms with Gasteiger partial charge in [0.2, 0.25) is 0 Å². The smallest absolute Gasteiger partial charge is 0.268 e. The zero-order chi connectivity index (χ0) is 22.4. The van der Waals surface area contributed by atoms with Crippen molar-refractivity contribution in [2.24, 2.45) is 7.05 Å². The Kier molecular flexibility index (Phi) is 6.82. The second kappa shape index (κ2) is 9.71. The highest BCUT2D eigenvalue weighted by molar-refractivity contribution is 5.97. The van der Waals surface area contributed by atoms with Crippen LogP contribution in [0.25, 0.3) is 11.3 Å². The van der Waals surface area contributed by atoms with E-state index in [0.717, 1.165) is 16.8 Å². The maximum atomic E-state index is 12.3. The standard InChI is InChI=1S/C23H22N4O4/c1-15(28)21(23(30)26-31)25-22(29)19-11-7-17(8-12-19)4-3-16-5-9-18(10-6-16)20-13-14-24-27(20)2/h5-15,21,28,31H,1-2H3,(H,25,29)(H,26,30). The fourth-order valence-electron chi connectivity index (χ4n) is 2.93. The van der Waals surface area contributed by atoms with Gasteiger partial charge in [-0.3, -0.25) is 19.5 Å². The van der Waals surface area contributed by atoms with Crippen molar-refractivity contribution in [1.82, 2.24) is 20.6 Å². The molecule has 0 radical (unpaired) electrons. The zero-order valence-electron chi connectivity index (χ0n) is 17.0. The van der Waals surface area contributed by atoms with Gasteiger partial charge in [0.25, 0.3) is 11.8 Å². The molecule has 2 amide bonds. The summed E-state index contributed by atoms with van der Waals surface area (Å²) in [6.07, 6.45) is 0.573. The molecule has 3 aromatic rings. The van der Waals surface area contributed by atoms with Crippen molar-refractivity contribution in [2.75, 3.05) is 0 Å². The average Bonchev–Trinajstić information content (AvgIpc) is 3.21. The number of rotatable bonds is 5. The highest BCUT2D eigenvalue weighted by Crippen LogP contribution is 2.18. The van der Waals surface area contributed by atoms with Gasteiger partial charge in [-0.1, -0.05) is 24.0 Å². The quantitative estimate of drug-likeness (QED) is 0.284. The van der Waals surface area contributed by atoms with Crippen LogP contribution < -0.4 is 10.8 Å². The molecule has 0 spiro atoms. The molecule has 2 unspecified atom stereocenters. The van der Waals surface area contributed by atoms with Crippen molar-refractivity contribution in [1.29, 1.82) is 0 Å². The van der Waals surface area contributed by atoms with E-state index in [1.807, 2.05) is 37.4 Å². The Labute approximate surface area is 179 Å². The molecule has 0 aliphatic carbocycles. The van der Waals surface area contributed by atoms with Gasteiger partial charge in [0.15, 0.2) is 0 Å². The van der Waals surface area contributed by atoms with Gasteiger partial charge in [-0.2, -0.15) is 5.10 Å². The summed E-state index contributed by atoms with van der Waals surface area (Å²) < 4.78 is 1.80. The fraction of sp³-hybridized carbons (Fsp3) is 0.174. The molecule has 0 aliphatic heterocycles.